The molecule has 1 N–H and O–H groups in total. The first-order valence-electron chi connectivity index (χ1n) is 5.44. The fourth-order valence-corrected chi connectivity index (χ4v) is 2.76. The molecule has 1 aromatic rings. The molecule has 0 aliphatic carbocycles. The molecule has 1 aliphatic rings. The molecule has 0 radical (unpaired) electrons. The molecule has 6 nitrogen and oxygen atoms in total. The minimum absolute atomic E-state index is 0.178. The van der Waals surface area contributed by atoms with Crippen LogP contribution in [0.2, 0.25) is 5.28 Å². The number of nitrogens with one attached hydrogen (secondary N) is 1. The van der Waals surface area contributed by atoms with Crippen molar-refractivity contribution < 1.29 is 4.21 Å². The molecule has 0 atom stereocenters. The predicted octanol–water partition coefficient (Wildman–Crippen LogP) is 0.525. The molecular weight excluding hydrogens is 262 g/mol. The topological polar surface area (TPSA) is 71.0 Å². The lowest BCUT2D eigenvalue weighted by molar-refractivity contribution is 0.671. The van der Waals surface area contributed by atoms with E-state index in [4.69, 9.17) is 11.6 Å². The molecule has 0 saturated carbocycles. The Hall–Kier alpha value is -0.950. The molecule has 8 heteroatoms. The lowest BCUT2D eigenvalue weighted by atomic mass is 10.5. The maximum absolute atomic E-state index is 11.3. The van der Waals surface area contributed by atoms with Gasteiger partial charge in [0.05, 0.1) is 0 Å². The van der Waals surface area contributed by atoms with Gasteiger partial charge in [-0.05, 0) is 18.5 Å². The van der Waals surface area contributed by atoms with Gasteiger partial charge in [-0.25, -0.2) is 0 Å². The van der Waals surface area contributed by atoms with Gasteiger partial charge in [0.2, 0.25) is 17.2 Å². The van der Waals surface area contributed by atoms with E-state index in [1.165, 1.54) is 0 Å². The molecule has 0 aromatic carbocycles. The molecule has 2 rings (SSSR count). The van der Waals surface area contributed by atoms with Crippen LogP contribution in [0.15, 0.2) is 0 Å². The normalized spacial score (nSPS) is 17.2. The lowest BCUT2D eigenvalue weighted by Gasteiger charge is -2.26. The molecule has 0 bridgehead atoms. The summed E-state index contributed by atoms with van der Waals surface area (Å²) in [6, 6.07) is 0. The fourth-order valence-electron chi connectivity index (χ4n) is 1.56. The molecule has 17 heavy (non-hydrogen) atoms. The van der Waals surface area contributed by atoms with E-state index in [1.807, 2.05) is 11.8 Å². The zero-order valence-electron chi connectivity index (χ0n) is 9.52. The smallest absolute Gasteiger partial charge is 0.231 e. The van der Waals surface area contributed by atoms with Gasteiger partial charge < -0.3 is 10.2 Å². The molecule has 1 saturated heterocycles. The Bertz CT molecular complexity index is 420. The highest BCUT2D eigenvalue weighted by molar-refractivity contribution is 7.85. The second-order valence-electron chi connectivity index (χ2n) is 3.59. The molecule has 0 unspecified atom stereocenters. The summed E-state index contributed by atoms with van der Waals surface area (Å²) < 4.78 is 11.3. The lowest BCUT2D eigenvalue weighted by Crippen LogP contribution is -2.38. The van der Waals surface area contributed by atoms with Crippen LogP contribution in [0.4, 0.5) is 11.9 Å². The number of anilines is 2. The maximum atomic E-state index is 11.3. The van der Waals surface area contributed by atoms with E-state index in [-0.39, 0.29) is 5.28 Å². The Morgan fingerprint density at radius 3 is 2.71 bits per heavy atom. The van der Waals surface area contributed by atoms with Crippen LogP contribution < -0.4 is 10.2 Å². The van der Waals surface area contributed by atoms with Crippen molar-refractivity contribution in [3.63, 3.8) is 0 Å². The summed E-state index contributed by atoms with van der Waals surface area (Å²) in [6.45, 7) is 4.07. The first-order valence-corrected chi connectivity index (χ1v) is 7.31. The van der Waals surface area contributed by atoms with E-state index in [9.17, 15) is 4.21 Å². The Morgan fingerprint density at radius 1 is 1.35 bits per heavy atom. The number of hydrogen-bond donors (Lipinski definition) is 1. The molecule has 1 aliphatic heterocycles. The van der Waals surface area contributed by atoms with Crippen molar-refractivity contribution in [2.24, 2.45) is 0 Å². The average Bonchev–Trinajstić information content (AvgIpc) is 2.29. The highest BCUT2D eigenvalue weighted by Gasteiger charge is 2.18. The number of halogens is 1. The summed E-state index contributed by atoms with van der Waals surface area (Å²) in [4.78, 5) is 14.3. The SMILES string of the molecule is CCNc1nc(Cl)nc(N2CCS(=O)CC2)n1. The van der Waals surface area contributed by atoms with Crippen molar-refractivity contribution in [1.82, 2.24) is 15.0 Å². The maximum Gasteiger partial charge on any atom is 0.231 e. The van der Waals surface area contributed by atoms with Crippen molar-refractivity contribution in [2.45, 2.75) is 6.92 Å². The largest absolute Gasteiger partial charge is 0.354 e. The fraction of sp³-hybridized carbons (Fsp3) is 0.667. The molecule has 1 fully saturated rings. The molecule has 0 amide bonds. The van der Waals surface area contributed by atoms with Crippen LogP contribution in [0.3, 0.4) is 0 Å². The van der Waals surface area contributed by atoms with E-state index in [1.54, 1.807) is 0 Å². The summed E-state index contributed by atoms with van der Waals surface area (Å²) in [5.41, 5.74) is 0. The number of nitrogens with zero attached hydrogens (tertiary/aromatic N) is 4. The first kappa shape index (κ1) is 12.5. The molecule has 2 heterocycles. The number of rotatable bonds is 3. The Morgan fingerprint density at radius 2 is 2.06 bits per heavy atom. The van der Waals surface area contributed by atoms with Gasteiger partial charge in [-0.3, -0.25) is 4.21 Å². The first-order chi connectivity index (χ1) is 8.19. The van der Waals surface area contributed by atoms with E-state index in [0.717, 1.165) is 6.54 Å². The minimum Gasteiger partial charge on any atom is -0.354 e. The van der Waals surface area contributed by atoms with Crippen molar-refractivity contribution in [3.05, 3.63) is 5.28 Å². The predicted molar refractivity (Wildman–Crippen MR) is 69.1 cm³/mol. The van der Waals surface area contributed by atoms with Gasteiger partial charge in [-0.2, -0.15) is 15.0 Å². The van der Waals surface area contributed by atoms with E-state index >= 15 is 0 Å². The van der Waals surface area contributed by atoms with Crippen molar-refractivity contribution in [2.75, 3.05) is 41.4 Å². The summed E-state index contributed by atoms with van der Waals surface area (Å²) in [7, 11) is -0.710. The Labute approximate surface area is 107 Å². The van der Waals surface area contributed by atoms with Crippen LogP contribution >= 0.6 is 11.6 Å². The van der Waals surface area contributed by atoms with Gasteiger partial charge >= 0.3 is 0 Å². The van der Waals surface area contributed by atoms with E-state index in [0.29, 0.717) is 36.5 Å². The monoisotopic (exact) mass is 275 g/mol. The van der Waals surface area contributed by atoms with E-state index in [2.05, 4.69) is 20.3 Å². The molecule has 94 valence electrons. The second kappa shape index (κ2) is 5.59. The van der Waals surface area contributed by atoms with Crippen LogP contribution in [0.1, 0.15) is 6.92 Å². The van der Waals surface area contributed by atoms with Gasteiger partial charge in [-0.15, -0.1) is 0 Å². The quantitative estimate of drug-likeness (QED) is 0.868. The molecule has 1 aromatic heterocycles. The standard InChI is InChI=1S/C9H14ClN5OS/c1-2-11-8-12-7(10)13-9(14-8)15-3-5-17(16)6-4-15/h2-6H2,1H3,(H,11,12,13,14). The minimum atomic E-state index is -0.710. The zero-order chi connectivity index (χ0) is 12.3. The van der Waals surface area contributed by atoms with Gasteiger partial charge in [0, 0.05) is 41.9 Å². The van der Waals surface area contributed by atoms with Gasteiger partial charge in [-0.1, -0.05) is 0 Å². The van der Waals surface area contributed by atoms with Gasteiger partial charge in [0.1, 0.15) is 0 Å². The Kier molecular flexibility index (Phi) is 4.11. The van der Waals surface area contributed by atoms with Crippen LogP contribution in [0.25, 0.3) is 0 Å². The summed E-state index contributed by atoms with van der Waals surface area (Å²) in [6.07, 6.45) is 0. The summed E-state index contributed by atoms with van der Waals surface area (Å²) >= 11 is 5.84. The van der Waals surface area contributed by atoms with Crippen LogP contribution in [0.5, 0.6) is 0 Å². The van der Waals surface area contributed by atoms with Gasteiger partial charge in [0.15, 0.2) is 0 Å². The highest BCUT2D eigenvalue weighted by Crippen LogP contribution is 2.15. The third kappa shape index (κ3) is 3.26. The second-order valence-corrected chi connectivity index (χ2v) is 5.63. The average molecular weight is 276 g/mol. The summed E-state index contributed by atoms with van der Waals surface area (Å²) in [5, 5.41) is 3.18. The molecular formula is C9H14ClN5OS. The number of aromatic nitrogens is 3. The Balaban J connectivity index is 2.16. The third-order valence-electron chi connectivity index (χ3n) is 2.39. The number of hydrogen-bond acceptors (Lipinski definition) is 6. The van der Waals surface area contributed by atoms with E-state index < -0.39 is 10.8 Å². The third-order valence-corrected chi connectivity index (χ3v) is 3.84. The zero-order valence-corrected chi connectivity index (χ0v) is 11.1. The summed E-state index contributed by atoms with van der Waals surface area (Å²) in [5.74, 6) is 2.34. The van der Waals surface area contributed by atoms with Crippen LogP contribution in [-0.2, 0) is 10.8 Å². The van der Waals surface area contributed by atoms with Crippen LogP contribution in [0, 0.1) is 0 Å². The molecule has 0 spiro atoms. The van der Waals surface area contributed by atoms with Crippen molar-refractivity contribution in [3.8, 4) is 0 Å². The van der Waals surface area contributed by atoms with Gasteiger partial charge in [0.25, 0.3) is 0 Å². The van der Waals surface area contributed by atoms with Crippen LogP contribution in [-0.4, -0.2) is 50.3 Å². The van der Waals surface area contributed by atoms with Crippen molar-refractivity contribution in [1.29, 1.82) is 0 Å². The van der Waals surface area contributed by atoms with Crippen molar-refractivity contribution >= 4 is 34.3 Å². The highest BCUT2D eigenvalue weighted by atomic mass is 35.5.